The molecule has 0 aliphatic heterocycles. The second-order valence-electron chi connectivity index (χ2n) is 6.87. The van der Waals surface area contributed by atoms with E-state index in [9.17, 15) is 0 Å². The van der Waals surface area contributed by atoms with Crippen LogP contribution in [0.1, 0.15) is 22.3 Å². The minimum atomic E-state index is 1.19. The van der Waals surface area contributed by atoms with Gasteiger partial charge in [-0.2, -0.15) is 4.57 Å². The van der Waals surface area contributed by atoms with Crippen LogP contribution in [0.2, 0.25) is 0 Å². The zero-order chi connectivity index (χ0) is 17.0. The second-order valence-corrected chi connectivity index (χ2v) is 6.87. The molecule has 0 saturated heterocycles. The molecule has 0 spiro atoms. The van der Waals surface area contributed by atoms with E-state index in [-0.39, 0.29) is 0 Å². The normalized spacial score (nSPS) is 11.5. The van der Waals surface area contributed by atoms with E-state index >= 15 is 0 Å². The van der Waals surface area contributed by atoms with Gasteiger partial charge in [0.1, 0.15) is 11.0 Å². The summed E-state index contributed by atoms with van der Waals surface area (Å²) in [4.78, 5) is 0. The first-order valence-corrected chi connectivity index (χ1v) is 8.45. The van der Waals surface area contributed by atoms with Crippen molar-refractivity contribution in [2.75, 3.05) is 0 Å². The van der Waals surface area contributed by atoms with Crippen LogP contribution in [0, 0.1) is 27.7 Å². The Morgan fingerprint density at radius 1 is 0.833 bits per heavy atom. The molecule has 0 bridgehead atoms. The average molecular weight is 315 g/mol. The number of nitrogens with zero attached hydrogens (tertiary/aromatic N) is 2. The zero-order valence-corrected chi connectivity index (χ0v) is 15.0. The molecule has 2 heterocycles. The van der Waals surface area contributed by atoms with Gasteiger partial charge in [-0.3, -0.25) is 0 Å². The Labute approximate surface area is 143 Å². The van der Waals surface area contributed by atoms with Gasteiger partial charge in [0.2, 0.25) is 0 Å². The molecule has 2 nitrogen and oxygen atoms in total. The number of hydrogen-bond acceptors (Lipinski definition) is 0. The van der Waals surface area contributed by atoms with Gasteiger partial charge in [-0.05, 0) is 68.7 Å². The first-order valence-electron chi connectivity index (χ1n) is 8.45. The maximum absolute atomic E-state index is 2.41. The topological polar surface area (TPSA) is 8.81 Å². The Morgan fingerprint density at radius 2 is 1.58 bits per heavy atom. The van der Waals surface area contributed by atoms with Crippen molar-refractivity contribution in [1.82, 2.24) is 4.57 Å². The molecule has 4 aromatic rings. The van der Waals surface area contributed by atoms with Crippen LogP contribution in [0.15, 0.2) is 48.7 Å². The van der Waals surface area contributed by atoms with Gasteiger partial charge in [0.05, 0.1) is 13.2 Å². The molecule has 4 rings (SSSR count). The smallest absolute Gasteiger partial charge is 0.236 e. The zero-order valence-electron chi connectivity index (χ0n) is 15.0. The van der Waals surface area contributed by atoms with Crippen molar-refractivity contribution in [1.29, 1.82) is 0 Å². The Hall–Kier alpha value is -2.61. The third-order valence-corrected chi connectivity index (χ3v) is 5.27. The summed E-state index contributed by atoms with van der Waals surface area (Å²) in [5.41, 5.74) is 7.95. The fourth-order valence-electron chi connectivity index (χ4n) is 3.79. The molecule has 0 fully saturated rings. The SMILES string of the molecule is Cc1ccc(-n2c3ccccc3c3cc(C)c(C)c(C)c32)[n+](C)c1. The highest BCUT2D eigenvalue weighted by Crippen LogP contribution is 2.35. The van der Waals surface area contributed by atoms with Gasteiger partial charge in [0, 0.05) is 22.4 Å². The molecule has 0 aliphatic rings. The second kappa shape index (κ2) is 5.20. The van der Waals surface area contributed by atoms with Crippen molar-refractivity contribution in [2.24, 2.45) is 7.05 Å². The molecular weight excluding hydrogens is 292 g/mol. The van der Waals surface area contributed by atoms with E-state index in [1.807, 2.05) is 0 Å². The number of aryl methyl sites for hydroxylation is 4. The third-order valence-electron chi connectivity index (χ3n) is 5.27. The Kier molecular flexibility index (Phi) is 3.24. The Balaban J connectivity index is 2.27. The first-order chi connectivity index (χ1) is 11.5. The number of para-hydroxylation sites is 1. The summed E-state index contributed by atoms with van der Waals surface area (Å²) in [5, 5.41) is 2.66. The molecule has 2 aromatic carbocycles. The van der Waals surface area contributed by atoms with Crippen molar-refractivity contribution in [3.05, 3.63) is 70.9 Å². The molecule has 24 heavy (non-hydrogen) atoms. The standard InChI is InChI=1S/C22H23N2/c1-14-10-11-21(23(5)13-14)24-20-9-7-6-8-18(20)19-12-15(2)16(3)17(4)22(19)24/h6-13H,1-5H3/q+1. The number of aromatic nitrogens is 2. The maximum atomic E-state index is 2.41. The summed E-state index contributed by atoms with van der Waals surface area (Å²) in [7, 11) is 2.12. The van der Waals surface area contributed by atoms with Crippen LogP contribution in [0.5, 0.6) is 0 Å². The van der Waals surface area contributed by atoms with E-state index < -0.39 is 0 Å². The van der Waals surface area contributed by atoms with Crippen molar-refractivity contribution in [2.45, 2.75) is 27.7 Å². The quantitative estimate of drug-likeness (QED) is 0.444. The van der Waals surface area contributed by atoms with E-state index in [2.05, 4.69) is 92.5 Å². The van der Waals surface area contributed by atoms with Gasteiger partial charge in [-0.25, -0.2) is 4.57 Å². The lowest BCUT2D eigenvalue weighted by Crippen LogP contribution is -2.33. The van der Waals surface area contributed by atoms with Crippen LogP contribution in [0.25, 0.3) is 27.6 Å². The van der Waals surface area contributed by atoms with Gasteiger partial charge >= 0.3 is 0 Å². The average Bonchev–Trinajstić information content (AvgIpc) is 2.87. The van der Waals surface area contributed by atoms with Gasteiger partial charge in [-0.1, -0.05) is 12.1 Å². The number of rotatable bonds is 1. The van der Waals surface area contributed by atoms with Crippen molar-refractivity contribution < 1.29 is 4.57 Å². The van der Waals surface area contributed by atoms with Crippen LogP contribution in [-0.4, -0.2) is 4.57 Å². The molecule has 0 amide bonds. The largest absolute Gasteiger partial charge is 0.286 e. The van der Waals surface area contributed by atoms with Gasteiger partial charge in [0.15, 0.2) is 0 Å². The number of hydrogen-bond donors (Lipinski definition) is 0. The molecule has 0 atom stereocenters. The molecule has 0 aliphatic carbocycles. The molecule has 0 radical (unpaired) electrons. The van der Waals surface area contributed by atoms with Crippen LogP contribution in [-0.2, 0) is 7.05 Å². The lowest BCUT2D eigenvalue weighted by atomic mass is 10.00. The van der Waals surface area contributed by atoms with E-state index in [1.165, 1.54) is 49.9 Å². The lowest BCUT2D eigenvalue weighted by Gasteiger charge is -2.09. The fraction of sp³-hybridized carbons (Fsp3) is 0.227. The van der Waals surface area contributed by atoms with Crippen molar-refractivity contribution in [3.8, 4) is 5.82 Å². The predicted octanol–water partition coefficient (Wildman–Crippen LogP) is 4.84. The minimum Gasteiger partial charge on any atom is -0.236 e. The van der Waals surface area contributed by atoms with Crippen LogP contribution in [0.4, 0.5) is 0 Å². The van der Waals surface area contributed by atoms with E-state index in [0.717, 1.165) is 0 Å². The fourth-order valence-corrected chi connectivity index (χ4v) is 3.79. The highest BCUT2D eigenvalue weighted by atomic mass is 15.1. The monoisotopic (exact) mass is 315 g/mol. The molecule has 2 heteroatoms. The Bertz CT molecular complexity index is 1100. The predicted molar refractivity (Wildman–Crippen MR) is 101 cm³/mol. The summed E-state index contributed by atoms with van der Waals surface area (Å²) in [5.74, 6) is 1.19. The highest BCUT2D eigenvalue weighted by Gasteiger charge is 2.23. The molecule has 0 N–H and O–H groups in total. The van der Waals surface area contributed by atoms with Crippen molar-refractivity contribution >= 4 is 21.8 Å². The van der Waals surface area contributed by atoms with Crippen LogP contribution in [0.3, 0.4) is 0 Å². The molecule has 2 aromatic heterocycles. The molecular formula is C22H23N2+. The van der Waals surface area contributed by atoms with Crippen LogP contribution < -0.4 is 4.57 Å². The summed E-state index contributed by atoms with van der Waals surface area (Å²) in [6.45, 7) is 8.81. The first kappa shape index (κ1) is 14.9. The van der Waals surface area contributed by atoms with Crippen LogP contribution >= 0.6 is 0 Å². The molecule has 120 valence electrons. The van der Waals surface area contributed by atoms with E-state index in [4.69, 9.17) is 0 Å². The summed E-state index contributed by atoms with van der Waals surface area (Å²) < 4.78 is 4.63. The summed E-state index contributed by atoms with van der Waals surface area (Å²) in [6.07, 6.45) is 2.19. The summed E-state index contributed by atoms with van der Waals surface area (Å²) in [6, 6.07) is 15.5. The number of fused-ring (bicyclic) bond motifs is 3. The van der Waals surface area contributed by atoms with Gasteiger partial charge in [0.25, 0.3) is 5.82 Å². The van der Waals surface area contributed by atoms with E-state index in [0.29, 0.717) is 0 Å². The molecule has 0 saturated carbocycles. The summed E-state index contributed by atoms with van der Waals surface area (Å²) >= 11 is 0. The Morgan fingerprint density at radius 3 is 2.33 bits per heavy atom. The van der Waals surface area contributed by atoms with Gasteiger partial charge < -0.3 is 0 Å². The lowest BCUT2D eigenvalue weighted by molar-refractivity contribution is -0.665. The molecule has 0 unspecified atom stereocenters. The van der Waals surface area contributed by atoms with Gasteiger partial charge in [-0.15, -0.1) is 0 Å². The van der Waals surface area contributed by atoms with E-state index in [1.54, 1.807) is 0 Å². The van der Waals surface area contributed by atoms with Crippen molar-refractivity contribution in [3.63, 3.8) is 0 Å². The third kappa shape index (κ3) is 1.99. The highest BCUT2D eigenvalue weighted by molar-refractivity contribution is 6.10. The minimum absolute atomic E-state index is 1.19. The number of pyridine rings is 1. The maximum Gasteiger partial charge on any atom is 0.286 e. The number of benzene rings is 2.